The van der Waals surface area contributed by atoms with Crippen molar-refractivity contribution in [2.45, 2.75) is 53.6 Å². The van der Waals surface area contributed by atoms with Crippen LogP contribution in [0.4, 0.5) is 0 Å². The Morgan fingerprint density at radius 2 is 1.15 bits per heavy atom. The molecule has 0 aromatic heterocycles. The molecule has 2 aliphatic rings. The number of hydrogen-bond acceptors (Lipinski definition) is 0. The maximum Gasteiger partial charge on any atom is -1.00 e. The van der Waals surface area contributed by atoms with Crippen molar-refractivity contribution in [3.8, 4) is 0 Å². The van der Waals surface area contributed by atoms with Crippen LogP contribution in [0.15, 0.2) is 41.0 Å². The van der Waals surface area contributed by atoms with Gasteiger partial charge in [0, 0.05) is 0 Å². The Kier molecular flexibility index (Phi) is 8.59. The molecule has 0 spiro atoms. The summed E-state index contributed by atoms with van der Waals surface area (Å²) in [7, 11) is 0. The van der Waals surface area contributed by atoms with E-state index in [0.29, 0.717) is 0 Å². The third-order valence-electron chi connectivity index (χ3n) is 4.19. The third-order valence-corrected chi connectivity index (χ3v) is 24.0. The van der Waals surface area contributed by atoms with Crippen molar-refractivity contribution in [3.63, 3.8) is 0 Å². The van der Waals surface area contributed by atoms with Gasteiger partial charge in [0.15, 0.2) is 0 Å². The summed E-state index contributed by atoms with van der Waals surface area (Å²) < 4.78 is 3.76. The second-order valence-corrected chi connectivity index (χ2v) is 24.8. The Labute approximate surface area is 145 Å². The summed E-state index contributed by atoms with van der Waals surface area (Å²) in [5.41, 5.74) is 6.65. The molecular formula is C16H25Cl2SiZr. The van der Waals surface area contributed by atoms with Crippen LogP contribution in [0.1, 0.15) is 40.5 Å². The molecule has 4 heteroatoms. The van der Waals surface area contributed by atoms with Gasteiger partial charge >= 0.3 is 121 Å². The van der Waals surface area contributed by atoms with Gasteiger partial charge in [-0.15, -0.1) is 0 Å². The Hall–Kier alpha value is 0.640. The summed E-state index contributed by atoms with van der Waals surface area (Å²) in [6.07, 6.45) is 7.38. The van der Waals surface area contributed by atoms with Gasteiger partial charge < -0.3 is 24.8 Å². The Morgan fingerprint density at radius 3 is 1.35 bits per heavy atom. The smallest absolute Gasteiger partial charge is 1.00 e. The summed E-state index contributed by atoms with van der Waals surface area (Å²) in [5, 5.41) is 0. The first-order chi connectivity index (χ1) is 8.43. The number of allylic oxidation sites excluding steroid dienone is 8. The van der Waals surface area contributed by atoms with Crippen LogP contribution in [0.5, 0.6) is 0 Å². The molecule has 0 radical (unpaired) electrons. The van der Waals surface area contributed by atoms with E-state index in [1.54, 1.807) is 22.3 Å². The number of halogens is 2. The average molecular weight is 408 g/mol. The van der Waals surface area contributed by atoms with Crippen LogP contribution in [0.3, 0.4) is 0 Å². The molecule has 0 aliphatic heterocycles. The van der Waals surface area contributed by atoms with E-state index in [-0.39, 0.29) is 24.8 Å². The van der Waals surface area contributed by atoms with E-state index in [9.17, 15) is 0 Å². The normalized spacial score (nSPS) is 17.9. The molecule has 0 saturated heterocycles. The Balaban J connectivity index is 0.00000180. The van der Waals surface area contributed by atoms with Crippen molar-refractivity contribution in [2.24, 2.45) is 0 Å². The molecule has 0 amide bonds. The van der Waals surface area contributed by atoms with Crippen molar-refractivity contribution >= 4 is 5.92 Å². The number of rotatable bonds is 3. The molecule has 0 unspecified atom stereocenters. The summed E-state index contributed by atoms with van der Waals surface area (Å²) in [6.45, 7) is 14.6. The summed E-state index contributed by atoms with van der Waals surface area (Å²) >= 11 is -1.56. The van der Waals surface area contributed by atoms with Gasteiger partial charge in [0.05, 0.1) is 0 Å². The largest absolute Gasteiger partial charge is 1.00 e. The quantitative estimate of drug-likeness (QED) is 0.518. The second kappa shape index (κ2) is 8.32. The van der Waals surface area contributed by atoms with E-state index >= 15 is 0 Å². The van der Waals surface area contributed by atoms with E-state index in [0.717, 1.165) is 0 Å². The predicted octanol–water partition coefficient (Wildman–Crippen LogP) is -1.16. The van der Waals surface area contributed by atoms with Crippen LogP contribution in [0.25, 0.3) is 0 Å². The van der Waals surface area contributed by atoms with Gasteiger partial charge in [0.25, 0.3) is 0 Å². The van der Waals surface area contributed by atoms with E-state index in [2.05, 4.69) is 52.9 Å². The van der Waals surface area contributed by atoms with Crippen molar-refractivity contribution < 1.29 is 45.7 Å². The van der Waals surface area contributed by atoms with Gasteiger partial charge in [-0.25, -0.2) is 0 Å². The predicted molar refractivity (Wildman–Crippen MR) is 81.0 cm³/mol. The summed E-state index contributed by atoms with van der Waals surface area (Å²) in [4.78, 5) is 0. The zero-order valence-corrected chi connectivity index (χ0v) is 18.5. The molecule has 2 rings (SSSR count). The van der Waals surface area contributed by atoms with Gasteiger partial charge in [0.2, 0.25) is 0 Å². The molecule has 0 nitrogen and oxygen atoms in total. The fourth-order valence-corrected chi connectivity index (χ4v) is 24.5. The fraction of sp³-hybridized carbons (Fsp3) is 0.500. The van der Waals surface area contributed by atoms with E-state index in [4.69, 9.17) is 0 Å². The molecule has 0 heterocycles. The topological polar surface area (TPSA) is 0 Å². The minimum Gasteiger partial charge on any atom is -1.00 e. The van der Waals surface area contributed by atoms with Gasteiger partial charge in [-0.1, -0.05) is 0 Å². The minimum absolute atomic E-state index is 0. The summed E-state index contributed by atoms with van der Waals surface area (Å²) in [5.74, 6) is -0.546. The molecule has 0 saturated carbocycles. The SMILES string of the molecule is CC1=CCC(C)=[C]1[Zr+2]([C]1=C(C)CC=C1C)[SiH](C)C.[Cl-].[Cl-]. The van der Waals surface area contributed by atoms with E-state index < -0.39 is 26.8 Å². The summed E-state index contributed by atoms with van der Waals surface area (Å²) in [6, 6.07) is 0. The fourth-order valence-electron chi connectivity index (χ4n) is 3.28. The van der Waals surface area contributed by atoms with Gasteiger partial charge in [-0.2, -0.15) is 0 Å². The molecule has 20 heavy (non-hydrogen) atoms. The Bertz CT molecular complexity index is 457. The van der Waals surface area contributed by atoms with Crippen molar-refractivity contribution in [3.05, 3.63) is 41.0 Å². The zero-order chi connectivity index (χ0) is 13.4. The molecular weight excluding hydrogens is 382 g/mol. The van der Waals surface area contributed by atoms with Crippen LogP contribution in [-0.2, 0) is 20.9 Å². The molecule has 0 fully saturated rings. The first-order valence-corrected chi connectivity index (χ1v) is 16.6. The van der Waals surface area contributed by atoms with Crippen LogP contribution in [-0.4, -0.2) is 5.92 Å². The monoisotopic (exact) mass is 405 g/mol. The maximum absolute atomic E-state index is 2.59. The first kappa shape index (κ1) is 20.6. The second-order valence-electron chi connectivity index (χ2n) is 6.06. The standard InChI is InChI=1S/2C7H9.C2H7Si.2ClH.Zr/c2*1-6-3-4-7(2)5-6;1-3-2;;;/h2*3H,4H2,1-2H3;3H,1-2H3;2*1H;/q;;;;;+2/p-2. The number of hydrogen-bond donors (Lipinski definition) is 0. The molecule has 0 bridgehead atoms. The molecule has 0 aromatic carbocycles. The van der Waals surface area contributed by atoms with Gasteiger partial charge in [-0.3, -0.25) is 0 Å². The first-order valence-electron chi connectivity index (χ1n) is 7.04. The molecule has 0 aromatic rings. The van der Waals surface area contributed by atoms with Gasteiger partial charge in [-0.05, 0) is 0 Å². The van der Waals surface area contributed by atoms with Crippen molar-refractivity contribution in [1.82, 2.24) is 0 Å². The molecule has 2 aliphatic carbocycles. The minimum atomic E-state index is -1.56. The van der Waals surface area contributed by atoms with Crippen LogP contribution < -0.4 is 24.8 Å². The van der Waals surface area contributed by atoms with E-state index in [1.165, 1.54) is 12.8 Å². The van der Waals surface area contributed by atoms with Gasteiger partial charge in [0.1, 0.15) is 0 Å². The maximum atomic E-state index is 2.59. The zero-order valence-electron chi connectivity index (χ0n) is 13.4. The molecule has 111 valence electrons. The van der Waals surface area contributed by atoms with Crippen LogP contribution >= 0.6 is 0 Å². The van der Waals surface area contributed by atoms with Crippen LogP contribution in [0, 0.1) is 0 Å². The average Bonchev–Trinajstić information content (AvgIpc) is 2.78. The van der Waals surface area contributed by atoms with Crippen molar-refractivity contribution in [1.29, 1.82) is 0 Å². The van der Waals surface area contributed by atoms with Crippen molar-refractivity contribution in [2.75, 3.05) is 0 Å². The molecule has 0 N–H and O–H groups in total. The molecule has 0 atom stereocenters. The Morgan fingerprint density at radius 1 is 0.800 bits per heavy atom. The van der Waals surface area contributed by atoms with Crippen LogP contribution in [0.2, 0.25) is 13.1 Å². The van der Waals surface area contributed by atoms with E-state index in [1.807, 2.05) is 6.56 Å². The third kappa shape index (κ3) is 3.88.